The van der Waals surface area contributed by atoms with E-state index in [1.54, 1.807) is 13.1 Å². The third kappa shape index (κ3) is 1.91. The van der Waals surface area contributed by atoms with Crippen LogP contribution in [0, 0.1) is 0 Å². The summed E-state index contributed by atoms with van der Waals surface area (Å²) in [7, 11) is 3.87. The van der Waals surface area contributed by atoms with Crippen LogP contribution in [-0.2, 0) is 0 Å². The molecule has 1 N–H and O–H groups in total. The number of rotatable bonds is 2. The van der Waals surface area contributed by atoms with Crippen molar-refractivity contribution in [3.05, 3.63) is 11.1 Å². The first-order chi connectivity index (χ1) is 5.11. The van der Waals surface area contributed by atoms with E-state index in [2.05, 4.69) is 4.98 Å². The second-order valence-electron chi connectivity index (χ2n) is 2.62. The lowest BCUT2D eigenvalue weighted by Gasteiger charge is -2.05. The largest absolute Gasteiger partial charge is 0.388 e. The summed E-state index contributed by atoms with van der Waals surface area (Å²) in [6.07, 6.45) is 1.31. The fraction of sp³-hybridized carbons (Fsp3) is 0.571. The highest BCUT2D eigenvalue weighted by molar-refractivity contribution is 7.15. The molecule has 1 atom stereocenters. The second kappa shape index (κ2) is 3.19. The number of aliphatic hydroxyl groups is 1. The van der Waals surface area contributed by atoms with E-state index in [1.807, 2.05) is 19.0 Å². The molecule has 0 aliphatic heterocycles. The molecule has 1 aromatic heterocycles. The smallest absolute Gasteiger partial charge is 0.185 e. The minimum absolute atomic E-state index is 0.402. The first kappa shape index (κ1) is 8.49. The van der Waals surface area contributed by atoms with Gasteiger partial charge in [0.15, 0.2) is 5.13 Å². The zero-order chi connectivity index (χ0) is 8.43. The summed E-state index contributed by atoms with van der Waals surface area (Å²) in [4.78, 5) is 6.96. The predicted octanol–water partition coefficient (Wildman–Crippen LogP) is 1.26. The topological polar surface area (TPSA) is 36.4 Å². The Morgan fingerprint density at radius 2 is 2.27 bits per heavy atom. The summed E-state index contributed by atoms with van der Waals surface area (Å²) in [5, 5.41) is 10.1. The first-order valence-corrected chi connectivity index (χ1v) is 4.24. The van der Waals surface area contributed by atoms with E-state index in [-0.39, 0.29) is 0 Å². The maximum absolute atomic E-state index is 9.17. The molecule has 0 unspecified atom stereocenters. The molecule has 0 aliphatic rings. The molecule has 4 heteroatoms. The van der Waals surface area contributed by atoms with E-state index in [1.165, 1.54) is 11.3 Å². The Kier molecular flexibility index (Phi) is 2.46. The molecule has 3 nitrogen and oxygen atoms in total. The van der Waals surface area contributed by atoms with Gasteiger partial charge in [0.1, 0.15) is 0 Å². The van der Waals surface area contributed by atoms with Gasteiger partial charge in [-0.1, -0.05) is 11.3 Å². The molecule has 1 rings (SSSR count). The van der Waals surface area contributed by atoms with Crippen LogP contribution in [-0.4, -0.2) is 24.2 Å². The lowest BCUT2D eigenvalue weighted by atomic mass is 10.4. The molecule has 0 fully saturated rings. The zero-order valence-electron chi connectivity index (χ0n) is 6.90. The van der Waals surface area contributed by atoms with Crippen molar-refractivity contribution in [2.75, 3.05) is 19.0 Å². The fourth-order valence-electron chi connectivity index (χ4n) is 0.677. The highest BCUT2D eigenvalue weighted by atomic mass is 32.1. The lowest BCUT2D eigenvalue weighted by Crippen LogP contribution is -2.07. The standard InChI is InChI=1S/C7H12N2OS/c1-5(10)6-4-8-7(11-6)9(2)3/h4-5,10H,1-3H3/t5-/m1/s1. The van der Waals surface area contributed by atoms with Gasteiger partial charge in [0.05, 0.1) is 11.0 Å². The van der Waals surface area contributed by atoms with Crippen molar-refractivity contribution in [2.45, 2.75) is 13.0 Å². The fourth-order valence-corrected chi connectivity index (χ4v) is 1.45. The van der Waals surface area contributed by atoms with E-state index in [9.17, 15) is 5.11 Å². The Bertz CT molecular complexity index is 210. The first-order valence-electron chi connectivity index (χ1n) is 3.42. The minimum atomic E-state index is -0.402. The molecule has 0 amide bonds. The molecule has 0 saturated carbocycles. The van der Waals surface area contributed by atoms with Crippen LogP contribution < -0.4 is 4.90 Å². The molecule has 0 spiro atoms. The number of nitrogens with zero attached hydrogens (tertiary/aromatic N) is 2. The van der Waals surface area contributed by atoms with E-state index >= 15 is 0 Å². The Balaban J connectivity index is 2.82. The minimum Gasteiger partial charge on any atom is -0.388 e. The van der Waals surface area contributed by atoms with Crippen molar-refractivity contribution in [3.63, 3.8) is 0 Å². The lowest BCUT2D eigenvalue weighted by molar-refractivity contribution is 0.203. The van der Waals surface area contributed by atoms with Crippen LogP contribution in [0.3, 0.4) is 0 Å². The molecule has 1 aromatic rings. The quantitative estimate of drug-likeness (QED) is 0.729. The predicted molar refractivity (Wildman–Crippen MR) is 47.1 cm³/mol. The van der Waals surface area contributed by atoms with Gasteiger partial charge in [-0.25, -0.2) is 4.98 Å². The highest BCUT2D eigenvalue weighted by Gasteiger charge is 2.06. The SMILES string of the molecule is C[C@@H](O)c1cnc(N(C)C)s1. The average Bonchev–Trinajstić information content (AvgIpc) is 2.33. The molecule has 0 bridgehead atoms. The molecule has 11 heavy (non-hydrogen) atoms. The van der Waals surface area contributed by atoms with Gasteiger partial charge in [-0.15, -0.1) is 0 Å². The van der Waals surface area contributed by atoms with Crippen molar-refractivity contribution in [1.29, 1.82) is 0 Å². The van der Waals surface area contributed by atoms with Gasteiger partial charge in [-0.05, 0) is 6.92 Å². The number of hydrogen-bond acceptors (Lipinski definition) is 4. The van der Waals surface area contributed by atoms with Gasteiger partial charge in [0.25, 0.3) is 0 Å². The molecular weight excluding hydrogens is 160 g/mol. The van der Waals surface area contributed by atoms with Crippen LogP contribution in [0.1, 0.15) is 17.9 Å². The average molecular weight is 172 g/mol. The monoisotopic (exact) mass is 172 g/mol. The zero-order valence-corrected chi connectivity index (χ0v) is 7.72. The number of aromatic nitrogens is 1. The van der Waals surface area contributed by atoms with Crippen molar-refractivity contribution < 1.29 is 5.11 Å². The van der Waals surface area contributed by atoms with Crippen molar-refractivity contribution in [1.82, 2.24) is 4.98 Å². The molecule has 0 saturated heterocycles. The second-order valence-corrected chi connectivity index (χ2v) is 3.66. The van der Waals surface area contributed by atoms with E-state index in [0.29, 0.717) is 0 Å². The van der Waals surface area contributed by atoms with Gasteiger partial charge in [0, 0.05) is 20.3 Å². The van der Waals surface area contributed by atoms with Gasteiger partial charge >= 0.3 is 0 Å². The molecule has 0 radical (unpaired) electrons. The van der Waals surface area contributed by atoms with Crippen LogP contribution >= 0.6 is 11.3 Å². The summed E-state index contributed by atoms with van der Waals surface area (Å²) < 4.78 is 0. The summed E-state index contributed by atoms with van der Waals surface area (Å²) in [5.74, 6) is 0. The van der Waals surface area contributed by atoms with E-state index < -0.39 is 6.10 Å². The van der Waals surface area contributed by atoms with Crippen molar-refractivity contribution in [3.8, 4) is 0 Å². The Labute approximate surface area is 70.3 Å². The van der Waals surface area contributed by atoms with Gasteiger partial charge in [-0.3, -0.25) is 0 Å². The number of aliphatic hydroxyl groups excluding tert-OH is 1. The van der Waals surface area contributed by atoms with Gasteiger partial charge in [-0.2, -0.15) is 0 Å². The molecule has 0 aromatic carbocycles. The molecular formula is C7H12N2OS. The normalized spacial score (nSPS) is 13.1. The van der Waals surface area contributed by atoms with Crippen LogP contribution in [0.4, 0.5) is 5.13 Å². The third-order valence-electron chi connectivity index (χ3n) is 1.31. The van der Waals surface area contributed by atoms with E-state index in [0.717, 1.165) is 10.0 Å². The maximum Gasteiger partial charge on any atom is 0.185 e. The Hall–Kier alpha value is -0.610. The Morgan fingerprint density at radius 1 is 1.64 bits per heavy atom. The molecule has 62 valence electrons. The molecule has 0 aliphatic carbocycles. The summed E-state index contributed by atoms with van der Waals surface area (Å²) >= 11 is 1.51. The summed E-state index contributed by atoms with van der Waals surface area (Å²) in [6.45, 7) is 1.74. The number of hydrogen-bond donors (Lipinski definition) is 1. The van der Waals surface area contributed by atoms with Crippen LogP contribution in [0.15, 0.2) is 6.20 Å². The number of anilines is 1. The van der Waals surface area contributed by atoms with Crippen LogP contribution in [0.25, 0.3) is 0 Å². The Morgan fingerprint density at radius 3 is 2.55 bits per heavy atom. The maximum atomic E-state index is 9.17. The van der Waals surface area contributed by atoms with Crippen LogP contribution in [0.5, 0.6) is 0 Å². The highest BCUT2D eigenvalue weighted by Crippen LogP contribution is 2.25. The molecule has 1 heterocycles. The van der Waals surface area contributed by atoms with Crippen molar-refractivity contribution >= 4 is 16.5 Å². The van der Waals surface area contributed by atoms with E-state index in [4.69, 9.17) is 0 Å². The van der Waals surface area contributed by atoms with Gasteiger partial charge in [0.2, 0.25) is 0 Å². The third-order valence-corrected chi connectivity index (χ3v) is 2.64. The number of thiazole rings is 1. The van der Waals surface area contributed by atoms with Crippen LogP contribution in [0.2, 0.25) is 0 Å². The summed E-state index contributed by atoms with van der Waals surface area (Å²) in [6, 6.07) is 0. The summed E-state index contributed by atoms with van der Waals surface area (Å²) in [5.41, 5.74) is 0. The van der Waals surface area contributed by atoms with Gasteiger partial charge < -0.3 is 10.0 Å². The van der Waals surface area contributed by atoms with Crippen molar-refractivity contribution in [2.24, 2.45) is 0 Å².